The molecule has 1 aliphatic heterocycles. The van der Waals surface area contributed by atoms with E-state index < -0.39 is 0 Å². The topological polar surface area (TPSA) is 35.6 Å². The smallest absolute Gasteiger partial charge is 0.252 e. The van der Waals surface area contributed by atoms with Crippen LogP contribution in [0.3, 0.4) is 0 Å². The van der Waals surface area contributed by atoms with E-state index in [0.717, 1.165) is 44.6 Å². The van der Waals surface area contributed by atoms with Gasteiger partial charge in [-0.15, -0.1) is 23.7 Å². The van der Waals surface area contributed by atoms with Gasteiger partial charge in [0.05, 0.1) is 6.17 Å². The Balaban J connectivity index is 0.00000280. The molecule has 0 saturated carbocycles. The van der Waals surface area contributed by atoms with E-state index in [9.17, 15) is 4.79 Å². The Hall–Kier alpha value is -3.12. The van der Waals surface area contributed by atoms with Crippen LogP contribution in [0.15, 0.2) is 84.9 Å². The minimum absolute atomic E-state index is 0. The van der Waals surface area contributed by atoms with Crippen LogP contribution in [0.4, 0.5) is 5.69 Å². The van der Waals surface area contributed by atoms with Crippen molar-refractivity contribution in [2.45, 2.75) is 25.9 Å². The highest BCUT2D eigenvalue weighted by molar-refractivity contribution is 7.25. The summed E-state index contributed by atoms with van der Waals surface area (Å²) in [6.07, 6.45) is 2.03. The highest BCUT2D eigenvalue weighted by Crippen LogP contribution is 2.34. The fourth-order valence-corrected chi connectivity index (χ4v) is 6.57. The molecule has 0 spiro atoms. The molecule has 5 aromatic rings. The number of carbonyl (C=O) groups is 1. The Kier molecular flexibility index (Phi) is 7.65. The van der Waals surface area contributed by atoms with Crippen molar-refractivity contribution < 1.29 is 4.79 Å². The number of nitrogens with one attached hydrogen (secondary N) is 1. The number of fused-ring (bicyclic) bond motifs is 4. The van der Waals surface area contributed by atoms with Gasteiger partial charge in [0.1, 0.15) is 0 Å². The molecule has 4 aromatic carbocycles. The van der Waals surface area contributed by atoms with E-state index in [0.29, 0.717) is 0 Å². The first kappa shape index (κ1) is 25.5. The zero-order chi connectivity index (χ0) is 24.5. The molecule has 190 valence electrons. The van der Waals surface area contributed by atoms with E-state index in [1.165, 1.54) is 36.6 Å². The van der Waals surface area contributed by atoms with Crippen molar-refractivity contribution in [3.63, 3.8) is 0 Å². The fraction of sp³-hybridized carbons (Fsp3) is 0.258. The van der Waals surface area contributed by atoms with Crippen molar-refractivity contribution in [1.82, 2.24) is 10.2 Å². The SMILES string of the molecule is CCCC(NC(=O)c1ccc2sc3ccccc3c2c1)N1CCN(c2cccc3ccccc23)CC1.Cl. The summed E-state index contributed by atoms with van der Waals surface area (Å²) >= 11 is 1.78. The quantitative estimate of drug-likeness (QED) is 0.250. The minimum atomic E-state index is 0. The molecule has 4 nitrogen and oxygen atoms in total. The van der Waals surface area contributed by atoms with Gasteiger partial charge in [0.25, 0.3) is 5.91 Å². The monoisotopic (exact) mass is 529 g/mol. The highest BCUT2D eigenvalue weighted by atomic mass is 35.5. The van der Waals surface area contributed by atoms with Gasteiger partial charge in [0.15, 0.2) is 0 Å². The molecule has 1 amide bonds. The number of halogens is 1. The van der Waals surface area contributed by atoms with Gasteiger partial charge in [-0.25, -0.2) is 0 Å². The zero-order valence-electron chi connectivity index (χ0n) is 21.0. The van der Waals surface area contributed by atoms with Gasteiger partial charge in [-0.2, -0.15) is 0 Å². The van der Waals surface area contributed by atoms with Crippen LogP contribution in [-0.2, 0) is 0 Å². The van der Waals surface area contributed by atoms with Gasteiger partial charge in [-0.1, -0.05) is 67.9 Å². The van der Waals surface area contributed by atoms with Crippen LogP contribution in [0.25, 0.3) is 30.9 Å². The van der Waals surface area contributed by atoms with E-state index in [2.05, 4.69) is 101 Å². The van der Waals surface area contributed by atoms with Crippen LogP contribution in [0.2, 0.25) is 0 Å². The van der Waals surface area contributed by atoms with Crippen molar-refractivity contribution in [3.05, 3.63) is 90.5 Å². The number of rotatable bonds is 6. The average Bonchev–Trinajstić information content (AvgIpc) is 3.30. The molecule has 1 N–H and O–H groups in total. The molecule has 1 aromatic heterocycles. The van der Waals surface area contributed by atoms with Crippen LogP contribution in [0.1, 0.15) is 30.1 Å². The summed E-state index contributed by atoms with van der Waals surface area (Å²) < 4.78 is 2.49. The number of amides is 1. The number of anilines is 1. The van der Waals surface area contributed by atoms with Crippen molar-refractivity contribution in [2.75, 3.05) is 31.1 Å². The largest absolute Gasteiger partial charge is 0.368 e. The van der Waals surface area contributed by atoms with Crippen molar-refractivity contribution in [2.24, 2.45) is 0 Å². The molecule has 6 rings (SSSR count). The van der Waals surface area contributed by atoms with E-state index >= 15 is 0 Å². The standard InChI is InChI=1S/C31H31N3OS.ClH/c1-2-8-30(32-31(35)23-15-16-29-26(21-23)25-12-5-6-14-28(25)36-29)34-19-17-33(18-20-34)27-13-7-10-22-9-3-4-11-24(22)27;/h3-7,9-16,21,30H,2,8,17-20H2,1H3,(H,32,35);1H. The molecule has 2 heterocycles. The number of hydrogen-bond acceptors (Lipinski definition) is 4. The molecule has 0 aliphatic carbocycles. The lowest BCUT2D eigenvalue weighted by atomic mass is 10.1. The second-order valence-electron chi connectivity index (χ2n) is 9.61. The summed E-state index contributed by atoms with van der Waals surface area (Å²) in [5.74, 6) is 0.0158. The first-order chi connectivity index (χ1) is 17.7. The third kappa shape index (κ3) is 5.04. The summed E-state index contributed by atoms with van der Waals surface area (Å²) in [6, 6.07) is 29.7. The number of hydrogen-bond donors (Lipinski definition) is 1. The summed E-state index contributed by atoms with van der Waals surface area (Å²) in [6.45, 7) is 5.97. The predicted molar refractivity (Wildman–Crippen MR) is 160 cm³/mol. The van der Waals surface area contributed by atoms with Crippen molar-refractivity contribution in [3.8, 4) is 0 Å². The van der Waals surface area contributed by atoms with Crippen molar-refractivity contribution in [1.29, 1.82) is 0 Å². The molecule has 37 heavy (non-hydrogen) atoms. The number of benzene rings is 4. The van der Waals surface area contributed by atoms with Gasteiger partial charge in [0.2, 0.25) is 0 Å². The predicted octanol–water partition coefficient (Wildman–Crippen LogP) is 7.31. The van der Waals surface area contributed by atoms with Crippen molar-refractivity contribution >= 4 is 66.3 Å². The van der Waals surface area contributed by atoms with Crippen LogP contribution >= 0.6 is 23.7 Å². The second-order valence-corrected chi connectivity index (χ2v) is 10.7. The third-order valence-electron chi connectivity index (χ3n) is 7.36. The summed E-state index contributed by atoms with van der Waals surface area (Å²) in [4.78, 5) is 18.3. The number of thiophene rings is 1. The lowest BCUT2D eigenvalue weighted by molar-refractivity contribution is 0.0824. The molecule has 1 fully saturated rings. The maximum atomic E-state index is 13.4. The lowest BCUT2D eigenvalue weighted by Gasteiger charge is -2.40. The molecule has 1 atom stereocenters. The lowest BCUT2D eigenvalue weighted by Crippen LogP contribution is -2.56. The van der Waals surface area contributed by atoms with Crippen LogP contribution in [0, 0.1) is 0 Å². The Bertz CT molecular complexity index is 1530. The molecule has 1 unspecified atom stereocenters. The third-order valence-corrected chi connectivity index (χ3v) is 8.51. The van der Waals surface area contributed by atoms with E-state index in [4.69, 9.17) is 0 Å². The van der Waals surface area contributed by atoms with Gasteiger partial charge in [-0.3, -0.25) is 9.69 Å². The summed E-state index contributed by atoms with van der Waals surface area (Å²) in [5, 5.41) is 8.34. The first-order valence-electron chi connectivity index (χ1n) is 12.9. The van der Waals surface area contributed by atoms with Crippen LogP contribution in [0.5, 0.6) is 0 Å². The number of carbonyl (C=O) groups excluding carboxylic acids is 1. The summed E-state index contributed by atoms with van der Waals surface area (Å²) in [7, 11) is 0. The number of piperazine rings is 1. The molecule has 0 bridgehead atoms. The van der Waals surface area contributed by atoms with Gasteiger partial charge in [-0.05, 0) is 42.1 Å². The van der Waals surface area contributed by atoms with Crippen LogP contribution < -0.4 is 10.2 Å². The Labute approximate surface area is 228 Å². The minimum Gasteiger partial charge on any atom is -0.368 e. The van der Waals surface area contributed by atoms with E-state index in [1.54, 1.807) is 11.3 Å². The molecular formula is C31H32ClN3OS. The Morgan fingerprint density at radius 3 is 2.35 bits per heavy atom. The molecule has 1 saturated heterocycles. The highest BCUT2D eigenvalue weighted by Gasteiger charge is 2.26. The summed E-state index contributed by atoms with van der Waals surface area (Å²) in [5.41, 5.74) is 2.04. The zero-order valence-corrected chi connectivity index (χ0v) is 22.7. The number of nitrogens with zero attached hydrogens (tertiary/aromatic N) is 2. The molecule has 1 aliphatic rings. The normalized spacial score (nSPS) is 15.1. The van der Waals surface area contributed by atoms with Gasteiger partial charge >= 0.3 is 0 Å². The maximum Gasteiger partial charge on any atom is 0.252 e. The van der Waals surface area contributed by atoms with E-state index in [1.807, 2.05) is 6.07 Å². The molecule has 6 heteroatoms. The van der Waals surface area contributed by atoms with Gasteiger partial charge < -0.3 is 10.2 Å². The molecular weight excluding hydrogens is 498 g/mol. The average molecular weight is 530 g/mol. The molecule has 0 radical (unpaired) electrons. The fourth-order valence-electron chi connectivity index (χ4n) is 5.48. The second kappa shape index (κ2) is 11.1. The Morgan fingerprint density at radius 2 is 1.54 bits per heavy atom. The first-order valence-corrected chi connectivity index (χ1v) is 13.7. The van der Waals surface area contributed by atoms with E-state index in [-0.39, 0.29) is 24.5 Å². The maximum absolute atomic E-state index is 13.4. The van der Waals surface area contributed by atoms with Crippen LogP contribution in [-0.4, -0.2) is 43.2 Å². The van der Waals surface area contributed by atoms with Gasteiger partial charge in [0, 0.05) is 63.0 Å². The Morgan fingerprint density at radius 1 is 0.838 bits per heavy atom.